The first-order valence-corrected chi connectivity index (χ1v) is 29.0. The zero-order chi connectivity index (χ0) is 47.8. The summed E-state index contributed by atoms with van der Waals surface area (Å²) in [5, 5.41) is 13.9. The molecule has 0 saturated heterocycles. The van der Waals surface area contributed by atoms with Gasteiger partial charge in [0.25, 0.3) is 0 Å². The Morgan fingerprint density at radius 2 is 0.877 bits per heavy atom. The summed E-state index contributed by atoms with van der Waals surface area (Å²) in [6.45, 7) is 4.82. The number of nitrogens with zero attached hydrogens (tertiary/aromatic N) is 1. The normalized spacial score (nSPS) is 14.4. The summed E-state index contributed by atoms with van der Waals surface area (Å²) in [7, 11) is 1.57. The molecule has 0 aliphatic rings. The van der Waals surface area contributed by atoms with Crippen LogP contribution in [-0.2, 0) is 18.4 Å². The Hall–Kier alpha value is -1.54. The highest BCUT2D eigenvalue weighted by atomic mass is 31.2. The molecule has 8 nitrogen and oxygen atoms in total. The first kappa shape index (κ1) is 63.5. The number of quaternary nitrogens is 1. The number of allylic oxidation sites excluding steroid dienone is 7. The van der Waals surface area contributed by atoms with Crippen LogP contribution < -0.4 is 5.32 Å². The van der Waals surface area contributed by atoms with Crippen molar-refractivity contribution in [1.82, 2.24) is 5.32 Å². The van der Waals surface area contributed by atoms with Gasteiger partial charge in [-0.2, -0.15) is 0 Å². The van der Waals surface area contributed by atoms with E-state index in [-0.39, 0.29) is 19.1 Å². The molecule has 0 radical (unpaired) electrons. The molecule has 0 saturated carbocycles. The highest BCUT2D eigenvalue weighted by molar-refractivity contribution is 7.47. The topological polar surface area (TPSA) is 105 Å². The summed E-state index contributed by atoms with van der Waals surface area (Å²) >= 11 is 0. The van der Waals surface area contributed by atoms with Gasteiger partial charge in [-0.3, -0.25) is 13.8 Å². The summed E-state index contributed by atoms with van der Waals surface area (Å²) in [6, 6.07) is -0.852. The Bertz CT molecular complexity index is 1200. The third-order valence-corrected chi connectivity index (χ3v) is 13.3. The number of aliphatic hydroxyl groups excluding tert-OH is 1. The fourth-order valence-corrected chi connectivity index (χ4v) is 8.67. The Morgan fingerprint density at radius 1 is 0.523 bits per heavy atom. The SMILES string of the molecule is CCCCCCC/C=C\C/C=C\C/C=C\CCCCCCCCCCC(=O)NC(COP(=O)(O)OCC[N+](C)(C)C)C(O)/C=C/CCCCCCCCCCCCCCCCCCCC. The van der Waals surface area contributed by atoms with Crippen LogP contribution in [0.5, 0.6) is 0 Å². The smallest absolute Gasteiger partial charge is 0.387 e. The molecule has 0 bridgehead atoms. The van der Waals surface area contributed by atoms with Gasteiger partial charge >= 0.3 is 7.82 Å². The van der Waals surface area contributed by atoms with E-state index in [0.717, 1.165) is 57.8 Å². The Kier molecular flexibility index (Phi) is 46.4. The van der Waals surface area contributed by atoms with Crippen molar-refractivity contribution in [2.75, 3.05) is 40.9 Å². The van der Waals surface area contributed by atoms with Gasteiger partial charge in [-0.05, 0) is 57.8 Å². The third kappa shape index (κ3) is 50.2. The van der Waals surface area contributed by atoms with E-state index in [2.05, 4.69) is 55.6 Å². The molecule has 0 heterocycles. The summed E-state index contributed by atoms with van der Waals surface area (Å²) in [5.41, 5.74) is 0. The van der Waals surface area contributed by atoms with Crippen LogP contribution >= 0.6 is 7.82 Å². The van der Waals surface area contributed by atoms with Crippen molar-refractivity contribution >= 4 is 13.7 Å². The van der Waals surface area contributed by atoms with E-state index in [1.54, 1.807) is 6.08 Å². The van der Waals surface area contributed by atoms with Crippen LogP contribution in [0, 0.1) is 0 Å². The van der Waals surface area contributed by atoms with Crippen molar-refractivity contribution in [3.63, 3.8) is 0 Å². The molecule has 0 fully saturated rings. The van der Waals surface area contributed by atoms with Gasteiger partial charge in [-0.15, -0.1) is 0 Å². The van der Waals surface area contributed by atoms with Gasteiger partial charge in [0.1, 0.15) is 13.2 Å². The molecule has 0 rings (SSSR count). The number of carbonyl (C=O) groups excluding carboxylic acids is 1. The number of likely N-dealkylation sites (N-methyl/N-ethyl adjacent to an activating group) is 1. The fourth-order valence-electron chi connectivity index (χ4n) is 7.93. The number of nitrogens with one attached hydrogen (secondary N) is 1. The molecule has 0 aromatic heterocycles. The van der Waals surface area contributed by atoms with Crippen LogP contribution in [0.15, 0.2) is 48.6 Å². The summed E-state index contributed by atoms with van der Waals surface area (Å²) in [5.74, 6) is -0.183. The van der Waals surface area contributed by atoms with Crippen LogP contribution in [0.25, 0.3) is 0 Å². The van der Waals surface area contributed by atoms with Crippen LogP contribution in [0.2, 0.25) is 0 Å². The predicted molar refractivity (Wildman–Crippen MR) is 281 cm³/mol. The molecule has 3 N–H and O–H groups in total. The highest BCUT2D eigenvalue weighted by Crippen LogP contribution is 2.43. The monoisotopic (exact) mass is 936 g/mol. The average molecular weight is 936 g/mol. The molecule has 3 unspecified atom stereocenters. The first-order chi connectivity index (χ1) is 31.5. The van der Waals surface area contributed by atoms with Gasteiger partial charge in [-0.1, -0.05) is 236 Å². The Morgan fingerprint density at radius 3 is 1.28 bits per heavy atom. The van der Waals surface area contributed by atoms with E-state index in [1.807, 2.05) is 27.2 Å². The van der Waals surface area contributed by atoms with Crippen molar-refractivity contribution in [3.8, 4) is 0 Å². The van der Waals surface area contributed by atoms with Crippen molar-refractivity contribution in [2.45, 2.75) is 264 Å². The van der Waals surface area contributed by atoms with E-state index >= 15 is 0 Å². The lowest BCUT2D eigenvalue weighted by atomic mass is 10.0. The van der Waals surface area contributed by atoms with Gasteiger partial charge in [0.2, 0.25) is 5.91 Å². The summed E-state index contributed by atoms with van der Waals surface area (Å²) in [4.78, 5) is 23.3. The molecule has 0 spiro atoms. The number of carbonyl (C=O) groups is 1. The molecule has 65 heavy (non-hydrogen) atoms. The maximum absolute atomic E-state index is 13.0. The number of aliphatic hydroxyl groups is 1. The van der Waals surface area contributed by atoms with Crippen LogP contribution in [0.3, 0.4) is 0 Å². The van der Waals surface area contributed by atoms with Gasteiger partial charge in [0.05, 0.1) is 39.9 Å². The number of hydrogen-bond donors (Lipinski definition) is 3. The predicted octanol–water partition coefficient (Wildman–Crippen LogP) is 16.4. The number of phosphoric acid groups is 1. The van der Waals surface area contributed by atoms with Gasteiger partial charge in [0.15, 0.2) is 0 Å². The third-order valence-electron chi connectivity index (χ3n) is 12.3. The number of unbranched alkanes of at least 4 members (excludes halogenated alkanes) is 31. The zero-order valence-corrected chi connectivity index (χ0v) is 44.4. The molecule has 0 aromatic rings. The molecule has 0 aliphatic heterocycles. The van der Waals surface area contributed by atoms with Gasteiger partial charge in [0, 0.05) is 6.42 Å². The minimum Gasteiger partial charge on any atom is -0.387 e. The maximum atomic E-state index is 13.0. The largest absolute Gasteiger partial charge is 0.472 e. The Labute approximate surface area is 403 Å². The molecule has 0 aliphatic carbocycles. The lowest BCUT2D eigenvalue weighted by molar-refractivity contribution is -0.870. The maximum Gasteiger partial charge on any atom is 0.472 e. The molecule has 9 heteroatoms. The minimum atomic E-state index is -4.35. The molecule has 3 atom stereocenters. The quantitative estimate of drug-likeness (QED) is 0.0243. The lowest BCUT2D eigenvalue weighted by Crippen LogP contribution is -2.45. The molecule has 382 valence electrons. The highest BCUT2D eigenvalue weighted by Gasteiger charge is 2.27. The van der Waals surface area contributed by atoms with E-state index < -0.39 is 20.0 Å². The zero-order valence-electron chi connectivity index (χ0n) is 43.5. The number of hydrogen-bond acceptors (Lipinski definition) is 5. The number of amides is 1. The first-order valence-electron chi connectivity index (χ1n) is 27.5. The Balaban J connectivity index is 4.29. The van der Waals surface area contributed by atoms with Crippen molar-refractivity contribution in [3.05, 3.63) is 48.6 Å². The standard InChI is InChI=1S/C56H107N2O6P/c1-6-8-10-12-14-16-18-20-22-24-26-28-29-30-32-34-36-38-40-42-44-46-48-50-56(60)57-54(53-64-65(61,62)63-52-51-58(3,4)5)55(59)49-47-45-43-41-39-37-35-33-31-27-25-23-21-19-17-15-13-11-9-7-2/h18,20,24,26,29-30,47,49,54-55,59H,6-17,19,21-23,25,27-28,31-46,48,50-53H2,1-5H3,(H-,57,60,61,62)/p+1/b20-18-,26-24-,30-29-,49-47+. The van der Waals surface area contributed by atoms with Gasteiger partial charge < -0.3 is 19.8 Å². The van der Waals surface area contributed by atoms with E-state index in [1.165, 1.54) is 173 Å². The number of rotatable bonds is 50. The van der Waals surface area contributed by atoms with Gasteiger partial charge in [-0.25, -0.2) is 4.57 Å². The molecular weight excluding hydrogens is 828 g/mol. The molecule has 1 amide bonds. The van der Waals surface area contributed by atoms with E-state index in [0.29, 0.717) is 17.4 Å². The number of phosphoric ester groups is 1. The lowest BCUT2D eigenvalue weighted by Gasteiger charge is -2.25. The summed E-state index contributed by atoms with van der Waals surface area (Å²) < 4.78 is 23.7. The van der Waals surface area contributed by atoms with Crippen molar-refractivity contribution < 1.29 is 32.9 Å². The second-order valence-corrected chi connectivity index (χ2v) is 21.4. The van der Waals surface area contributed by atoms with Crippen molar-refractivity contribution in [2.24, 2.45) is 0 Å². The second-order valence-electron chi connectivity index (χ2n) is 20.0. The fraction of sp³-hybridized carbons (Fsp3) is 0.839. The molecule has 0 aromatic carbocycles. The minimum absolute atomic E-state index is 0.0590. The summed E-state index contributed by atoms with van der Waals surface area (Å²) in [6.07, 6.45) is 61.9. The van der Waals surface area contributed by atoms with Crippen LogP contribution in [0.4, 0.5) is 0 Å². The average Bonchev–Trinajstić information content (AvgIpc) is 3.26. The van der Waals surface area contributed by atoms with Crippen molar-refractivity contribution in [1.29, 1.82) is 0 Å². The van der Waals surface area contributed by atoms with E-state index in [9.17, 15) is 19.4 Å². The van der Waals surface area contributed by atoms with Crippen LogP contribution in [0.1, 0.15) is 251 Å². The second kappa shape index (κ2) is 47.5. The van der Waals surface area contributed by atoms with E-state index in [4.69, 9.17) is 9.05 Å². The molecular formula is C56H108N2O6P+. The van der Waals surface area contributed by atoms with Crippen LogP contribution in [-0.4, -0.2) is 73.4 Å².